The molecule has 17 heavy (non-hydrogen) atoms. The lowest BCUT2D eigenvalue weighted by atomic mass is 10.2. The van der Waals surface area contributed by atoms with Gasteiger partial charge in [0.15, 0.2) is 10.0 Å². The quantitative estimate of drug-likeness (QED) is 0.786. The Kier molecular flexibility index (Phi) is 3.40. The maximum atomic E-state index is 12.8. The van der Waals surface area contributed by atoms with Crippen molar-refractivity contribution < 1.29 is 13.9 Å². The van der Waals surface area contributed by atoms with E-state index >= 15 is 0 Å². The number of carbonyl (C=O) groups excluding carboxylic acids is 1. The van der Waals surface area contributed by atoms with Gasteiger partial charge in [0.25, 0.3) is 0 Å². The standard InChI is InChI=1S/C11H7ClFNO2S/c1-16-11(15)8-9(12)14-10(17-8)6-2-4-7(13)5-3-6/h2-5H,1H3. The van der Waals surface area contributed by atoms with E-state index < -0.39 is 5.97 Å². The van der Waals surface area contributed by atoms with Gasteiger partial charge in [0, 0.05) is 5.56 Å². The van der Waals surface area contributed by atoms with Crippen LogP contribution in [0, 0.1) is 5.82 Å². The lowest BCUT2D eigenvalue weighted by Crippen LogP contribution is -1.98. The number of methoxy groups -OCH3 is 1. The molecular formula is C11H7ClFNO2S. The van der Waals surface area contributed by atoms with Gasteiger partial charge in [-0.15, -0.1) is 11.3 Å². The van der Waals surface area contributed by atoms with Gasteiger partial charge < -0.3 is 4.74 Å². The van der Waals surface area contributed by atoms with Crippen molar-refractivity contribution >= 4 is 28.9 Å². The number of nitrogens with zero attached hydrogens (tertiary/aromatic N) is 1. The topological polar surface area (TPSA) is 39.2 Å². The number of halogens is 2. The smallest absolute Gasteiger partial charge is 0.351 e. The van der Waals surface area contributed by atoms with Crippen LogP contribution in [0.2, 0.25) is 5.15 Å². The number of hydrogen-bond acceptors (Lipinski definition) is 4. The molecule has 0 saturated heterocycles. The highest BCUT2D eigenvalue weighted by Gasteiger charge is 2.17. The van der Waals surface area contributed by atoms with E-state index in [-0.39, 0.29) is 15.8 Å². The zero-order valence-electron chi connectivity index (χ0n) is 8.74. The minimum Gasteiger partial charge on any atom is -0.465 e. The molecule has 1 heterocycles. The second-order valence-electron chi connectivity index (χ2n) is 3.14. The summed E-state index contributed by atoms with van der Waals surface area (Å²) in [6.45, 7) is 0. The summed E-state index contributed by atoms with van der Waals surface area (Å²) >= 11 is 6.94. The van der Waals surface area contributed by atoms with Crippen molar-refractivity contribution in [2.45, 2.75) is 0 Å². The molecule has 3 nitrogen and oxygen atoms in total. The predicted octanol–water partition coefficient (Wildman–Crippen LogP) is 3.39. The SMILES string of the molecule is COC(=O)c1sc(-c2ccc(F)cc2)nc1Cl. The normalized spacial score (nSPS) is 10.3. The molecular weight excluding hydrogens is 265 g/mol. The van der Waals surface area contributed by atoms with Crippen molar-refractivity contribution in [2.75, 3.05) is 7.11 Å². The van der Waals surface area contributed by atoms with Crippen molar-refractivity contribution in [3.05, 3.63) is 40.1 Å². The van der Waals surface area contributed by atoms with E-state index in [1.165, 1.54) is 19.2 Å². The van der Waals surface area contributed by atoms with Crippen molar-refractivity contribution in [2.24, 2.45) is 0 Å². The highest BCUT2D eigenvalue weighted by Crippen LogP contribution is 2.31. The average molecular weight is 272 g/mol. The van der Waals surface area contributed by atoms with Gasteiger partial charge in [0.1, 0.15) is 10.8 Å². The van der Waals surface area contributed by atoms with Crippen molar-refractivity contribution in [1.82, 2.24) is 4.98 Å². The molecule has 88 valence electrons. The molecule has 0 unspecified atom stereocenters. The first-order valence-corrected chi connectivity index (χ1v) is 5.82. The minimum atomic E-state index is -0.527. The fraction of sp³-hybridized carbons (Fsp3) is 0.0909. The maximum absolute atomic E-state index is 12.8. The van der Waals surface area contributed by atoms with Gasteiger partial charge >= 0.3 is 5.97 Å². The molecule has 0 saturated carbocycles. The maximum Gasteiger partial charge on any atom is 0.351 e. The molecule has 0 spiro atoms. The number of benzene rings is 1. The molecule has 2 rings (SSSR count). The summed E-state index contributed by atoms with van der Waals surface area (Å²) in [7, 11) is 1.27. The van der Waals surface area contributed by atoms with Gasteiger partial charge in [0.2, 0.25) is 0 Å². The molecule has 1 aromatic heterocycles. The van der Waals surface area contributed by atoms with E-state index in [1.54, 1.807) is 12.1 Å². The fourth-order valence-corrected chi connectivity index (χ4v) is 2.44. The summed E-state index contributed by atoms with van der Waals surface area (Å²) in [6, 6.07) is 5.79. The molecule has 0 aliphatic rings. The van der Waals surface area contributed by atoms with E-state index in [0.29, 0.717) is 10.6 Å². The summed E-state index contributed by atoms with van der Waals surface area (Å²) < 4.78 is 17.3. The van der Waals surface area contributed by atoms with Crippen LogP contribution in [0.4, 0.5) is 4.39 Å². The Labute approximate surface area is 106 Å². The summed E-state index contributed by atoms with van der Waals surface area (Å²) in [5.41, 5.74) is 0.702. The average Bonchev–Trinajstić information content (AvgIpc) is 2.71. The molecule has 6 heteroatoms. The summed E-state index contributed by atoms with van der Waals surface area (Å²) in [5, 5.41) is 0.650. The van der Waals surface area contributed by atoms with Crippen LogP contribution in [0.3, 0.4) is 0 Å². The Morgan fingerprint density at radius 2 is 2.06 bits per heavy atom. The first-order chi connectivity index (χ1) is 8.11. The van der Waals surface area contributed by atoms with Gasteiger partial charge in [0.05, 0.1) is 7.11 Å². The van der Waals surface area contributed by atoms with E-state index in [0.717, 1.165) is 11.3 Å². The number of carbonyl (C=O) groups is 1. The van der Waals surface area contributed by atoms with E-state index in [1.807, 2.05) is 0 Å². The third-order valence-electron chi connectivity index (χ3n) is 2.05. The minimum absolute atomic E-state index is 0.0983. The Morgan fingerprint density at radius 3 is 2.65 bits per heavy atom. The Morgan fingerprint density at radius 1 is 1.41 bits per heavy atom. The van der Waals surface area contributed by atoms with Crippen LogP contribution >= 0.6 is 22.9 Å². The van der Waals surface area contributed by atoms with Crippen LogP contribution < -0.4 is 0 Å². The molecule has 1 aromatic carbocycles. The monoisotopic (exact) mass is 271 g/mol. The van der Waals surface area contributed by atoms with E-state index in [4.69, 9.17) is 11.6 Å². The fourth-order valence-electron chi connectivity index (χ4n) is 1.24. The largest absolute Gasteiger partial charge is 0.465 e. The third-order valence-corrected chi connectivity index (χ3v) is 3.52. The van der Waals surface area contributed by atoms with Gasteiger partial charge in [-0.05, 0) is 24.3 Å². The van der Waals surface area contributed by atoms with Crippen molar-refractivity contribution in [3.63, 3.8) is 0 Å². The van der Waals surface area contributed by atoms with Crippen LogP contribution in [0.1, 0.15) is 9.67 Å². The number of aromatic nitrogens is 1. The molecule has 0 amide bonds. The van der Waals surface area contributed by atoms with Crippen LogP contribution in [0.5, 0.6) is 0 Å². The number of thiazole rings is 1. The van der Waals surface area contributed by atoms with Crippen molar-refractivity contribution in [1.29, 1.82) is 0 Å². The van der Waals surface area contributed by atoms with Crippen LogP contribution in [-0.4, -0.2) is 18.1 Å². The number of hydrogen-bond donors (Lipinski definition) is 0. The van der Waals surface area contributed by atoms with Gasteiger partial charge in [-0.2, -0.15) is 0 Å². The first kappa shape index (κ1) is 12.0. The molecule has 0 aliphatic carbocycles. The summed E-state index contributed by atoms with van der Waals surface area (Å²) in [6.07, 6.45) is 0. The number of rotatable bonds is 2. The lowest BCUT2D eigenvalue weighted by molar-refractivity contribution is 0.0606. The van der Waals surface area contributed by atoms with Gasteiger partial charge in [-0.25, -0.2) is 14.2 Å². The zero-order valence-corrected chi connectivity index (χ0v) is 10.3. The Hall–Kier alpha value is -1.46. The summed E-state index contributed by atoms with van der Waals surface area (Å²) in [4.78, 5) is 15.6. The van der Waals surface area contributed by atoms with Gasteiger partial charge in [-0.1, -0.05) is 11.6 Å². The molecule has 2 aromatic rings. The third kappa shape index (κ3) is 2.45. The van der Waals surface area contributed by atoms with Crippen molar-refractivity contribution in [3.8, 4) is 10.6 Å². The number of esters is 1. The predicted molar refractivity (Wildman–Crippen MR) is 63.9 cm³/mol. The highest BCUT2D eigenvalue weighted by molar-refractivity contribution is 7.17. The van der Waals surface area contributed by atoms with Crippen LogP contribution in [0.25, 0.3) is 10.6 Å². The van der Waals surface area contributed by atoms with E-state index in [9.17, 15) is 9.18 Å². The highest BCUT2D eigenvalue weighted by atomic mass is 35.5. The molecule has 0 atom stereocenters. The van der Waals surface area contributed by atoms with Crippen LogP contribution in [0.15, 0.2) is 24.3 Å². The molecule has 0 N–H and O–H groups in total. The van der Waals surface area contributed by atoms with Gasteiger partial charge in [-0.3, -0.25) is 0 Å². The second kappa shape index (κ2) is 4.81. The first-order valence-electron chi connectivity index (χ1n) is 4.62. The second-order valence-corrected chi connectivity index (χ2v) is 4.49. The zero-order chi connectivity index (χ0) is 12.4. The van der Waals surface area contributed by atoms with Crippen LogP contribution in [-0.2, 0) is 4.74 Å². The molecule has 0 fully saturated rings. The molecule has 0 bridgehead atoms. The number of ether oxygens (including phenoxy) is 1. The summed E-state index contributed by atoms with van der Waals surface area (Å²) in [5.74, 6) is -0.856. The molecule has 0 aliphatic heterocycles. The molecule has 0 radical (unpaired) electrons. The Bertz CT molecular complexity index is 553. The van der Waals surface area contributed by atoms with E-state index in [2.05, 4.69) is 9.72 Å². The lowest BCUT2D eigenvalue weighted by Gasteiger charge is -1.94. The Balaban J connectivity index is 2.41.